The summed E-state index contributed by atoms with van der Waals surface area (Å²) in [4.78, 5) is 0.247. The highest BCUT2D eigenvalue weighted by atomic mass is 32.2. The van der Waals surface area contributed by atoms with Crippen molar-refractivity contribution in [3.63, 3.8) is 0 Å². The molecule has 4 nitrogen and oxygen atoms in total. The maximum absolute atomic E-state index is 11.8. The Hall–Kier alpha value is -0.910. The molecular weight excluding hydrogens is 226 g/mol. The highest BCUT2D eigenvalue weighted by Gasteiger charge is 2.39. The molecule has 1 aromatic rings. The van der Waals surface area contributed by atoms with Gasteiger partial charge in [-0.05, 0) is 25.5 Å². The van der Waals surface area contributed by atoms with E-state index >= 15 is 0 Å². The monoisotopic (exact) mass is 241 g/mol. The number of rotatable bonds is 2. The Bertz CT molecular complexity index is 498. The highest BCUT2D eigenvalue weighted by Crippen LogP contribution is 2.38. The predicted octanol–water partition coefficient (Wildman–Crippen LogP) is 0.400. The fourth-order valence-corrected chi connectivity index (χ4v) is 3.87. The van der Waals surface area contributed by atoms with Crippen molar-refractivity contribution in [1.29, 1.82) is 0 Å². The van der Waals surface area contributed by atoms with E-state index in [1.54, 1.807) is 24.3 Å². The molecule has 88 valence electrons. The summed E-state index contributed by atoms with van der Waals surface area (Å²) in [5.41, 5.74) is 4.87. The van der Waals surface area contributed by atoms with E-state index in [1.807, 2.05) is 0 Å². The second kappa shape index (κ2) is 3.84. The molecule has 1 aromatic carbocycles. The Labute approximate surface area is 95.0 Å². The van der Waals surface area contributed by atoms with E-state index in [0.29, 0.717) is 18.5 Å². The largest absolute Gasteiger partial charge is 0.385 e. The molecule has 1 aliphatic rings. The van der Waals surface area contributed by atoms with Gasteiger partial charge in [0, 0.05) is 5.56 Å². The van der Waals surface area contributed by atoms with Gasteiger partial charge in [0.05, 0.1) is 16.2 Å². The molecule has 3 N–H and O–H groups in total. The number of fused-ring (bicyclic) bond motifs is 1. The summed E-state index contributed by atoms with van der Waals surface area (Å²) in [6, 6.07) is 6.62. The molecule has 0 amide bonds. The summed E-state index contributed by atoms with van der Waals surface area (Å²) in [5.74, 6) is -0.0134. The fraction of sp³-hybridized carbons (Fsp3) is 0.455. The first-order valence-electron chi connectivity index (χ1n) is 5.24. The topological polar surface area (TPSA) is 80.4 Å². The lowest BCUT2D eigenvalue weighted by atomic mass is 9.87. The molecule has 0 spiro atoms. The molecule has 0 aliphatic carbocycles. The molecule has 1 atom stereocenters. The van der Waals surface area contributed by atoms with Crippen molar-refractivity contribution >= 4 is 9.84 Å². The summed E-state index contributed by atoms with van der Waals surface area (Å²) in [7, 11) is -3.23. The number of nitrogens with two attached hydrogens (primary N) is 1. The molecule has 0 radical (unpaired) electrons. The normalized spacial score (nSPS) is 27.4. The standard InChI is InChI=1S/C11H15NO3S/c12-7-5-11(13)6-8-16(14,15)10-4-2-1-3-9(10)11/h1-4,13H,5-8,12H2. The summed E-state index contributed by atoms with van der Waals surface area (Å²) in [5, 5.41) is 10.4. The maximum Gasteiger partial charge on any atom is 0.178 e. The van der Waals surface area contributed by atoms with Crippen molar-refractivity contribution in [2.24, 2.45) is 5.73 Å². The molecular formula is C11H15NO3S. The molecule has 1 heterocycles. The van der Waals surface area contributed by atoms with Crippen LogP contribution in [0.3, 0.4) is 0 Å². The van der Waals surface area contributed by atoms with Crippen LogP contribution < -0.4 is 5.73 Å². The molecule has 5 heteroatoms. The van der Waals surface area contributed by atoms with Crippen LogP contribution in [0, 0.1) is 0 Å². The molecule has 0 aromatic heterocycles. The zero-order chi connectivity index (χ0) is 11.8. The molecule has 0 saturated heterocycles. The Morgan fingerprint density at radius 3 is 2.75 bits per heavy atom. The van der Waals surface area contributed by atoms with E-state index in [0.717, 1.165) is 0 Å². The van der Waals surface area contributed by atoms with Gasteiger partial charge in [-0.2, -0.15) is 0 Å². The first-order valence-corrected chi connectivity index (χ1v) is 6.89. The van der Waals surface area contributed by atoms with Gasteiger partial charge in [-0.15, -0.1) is 0 Å². The Morgan fingerprint density at radius 1 is 1.38 bits per heavy atom. The zero-order valence-corrected chi connectivity index (χ0v) is 9.70. The summed E-state index contributed by atoms with van der Waals surface area (Å²) >= 11 is 0. The van der Waals surface area contributed by atoms with E-state index in [2.05, 4.69) is 0 Å². The van der Waals surface area contributed by atoms with E-state index in [9.17, 15) is 13.5 Å². The van der Waals surface area contributed by atoms with Crippen LogP contribution in [0.1, 0.15) is 18.4 Å². The number of hydrogen-bond donors (Lipinski definition) is 2. The van der Waals surface area contributed by atoms with Gasteiger partial charge in [-0.1, -0.05) is 18.2 Å². The second-order valence-electron chi connectivity index (χ2n) is 4.14. The van der Waals surface area contributed by atoms with E-state index in [4.69, 9.17) is 5.73 Å². The van der Waals surface area contributed by atoms with Gasteiger partial charge in [-0.25, -0.2) is 8.42 Å². The first-order chi connectivity index (χ1) is 7.49. The van der Waals surface area contributed by atoms with Crippen molar-refractivity contribution in [3.05, 3.63) is 29.8 Å². The van der Waals surface area contributed by atoms with E-state index in [1.165, 1.54) is 0 Å². The SMILES string of the molecule is NCCC1(O)CCS(=O)(=O)c2ccccc21. The van der Waals surface area contributed by atoms with Gasteiger partial charge in [-0.3, -0.25) is 0 Å². The van der Waals surface area contributed by atoms with Crippen LogP contribution in [0.5, 0.6) is 0 Å². The van der Waals surface area contributed by atoms with E-state index in [-0.39, 0.29) is 17.1 Å². The molecule has 0 saturated carbocycles. The van der Waals surface area contributed by atoms with Crippen molar-refractivity contribution in [2.75, 3.05) is 12.3 Å². The molecule has 2 rings (SSSR count). The number of hydrogen-bond acceptors (Lipinski definition) is 4. The van der Waals surface area contributed by atoms with E-state index < -0.39 is 15.4 Å². The lowest BCUT2D eigenvalue weighted by Crippen LogP contribution is -2.37. The zero-order valence-electron chi connectivity index (χ0n) is 8.89. The Morgan fingerprint density at radius 2 is 2.06 bits per heavy atom. The molecule has 0 fully saturated rings. The third kappa shape index (κ3) is 1.75. The fourth-order valence-electron chi connectivity index (χ4n) is 2.17. The van der Waals surface area contributed by atoms with Gasteiger partial charge in [0.15, 0.2) is 9.84 Å². The maximum atomic E-state index is 11.8. The van der Waals surface area contributed by atoms with Crippen molar-refractivity contribution < 1.29 is 13.5 Å². The lowest BCUT2D eigenvalue weighted by molar-refractivity contribution is 0.0216. The molecule has 16 heavy (non-hydrogen) atoms. The number of benzene rings is 1. The van der Waals surface area contributed by atoms with Crippen LogP contribution in [-0.4, -0.2) is 25.8 Å². The summed E-state index contributed by atoms with van der Waals surface area (Å²) in [6.07, 6.45) is 0.614. The van der Waals surface area contributed by atoms with Crippen LogP contribution in [-0.2, 0) is 15.4 Å². The van der Waals surface area contributed by atoms with Crippen LogP contribution in [0.4, 0.5) is 0 Å². The van der Waals surface area contributed by atoms with Crippen molar-refractivity contribution in [1.82, 2.24) is 0 Å². The minimum Gasteiger partial charge on any atom is -0.385 e. The van der Waals surface area contributed by atoms with Crippen LogP contribution in [0.15, 0.2) is 29.2 Å². The first kappa shape index (κ1) is 11.6. The third-order valence-electron chi connectivity index (χ3n) is 3.07. The van der Waals surface area contributed by atoms with Crippen LogP contribution in [0.2, 0.25) is 0 Å². The third-order valence-corrected chi connectivity index (χ3v) is 4.83. The smallest absolute Gasteiger partial charge is 0.178 e. The number of aliphatic hydroxyl groups is 1. The van der Waals surface area contributed by atoms with Crippen molar-refractivity contribution in [3.8, 4) is 0 Å². The van der Waals surface area contributed by atoms with Crippen LogP contribution in [0.25, 0.3) is 0 Å². The summed E-state index contributed by atoms with van der Waals surface area (Å²) < 4.78 is 23.6. The molecule has 1 aliphatic heterocycles. The Kier molecular flexibility index (Phi) is 2.77. The molecule has 0 bridgehead atoms. The van der Waals surface area contributed by atoms with Gasteiger partial charge in [0.25, 0.3) is 0 Å². The van der Waals surface area contributed by atoms with Gasteiger partial charge < -0.3 is 10.8 Å². The van der Waals surface area contributed by atoms with Crippen LogP contribution >= 0.6 is 0 Å². The minimum absolute atomic E-state index is 0.0134. The lowest BCUT2D eigenvalue weighted by Gasteiger charge is -2.33. The average molecular weight is 241 g/mol. The minimum atomic E-state index is -3.23. The highest BCUT2D eigenvalue weighted by molar-refractivity contribution is 7.91. The number of sulfone groups is 1. The Balaban J connectivity index is 2.60. The van der Waals surface area contributed by atoms with Gasteiger partial charge >= 0.3 is 0 Å². The van der Waals surface area contributed by atoms with Gasteiger partial charge in [0.1, 0.15) is 0 Å². The van der Waals surface area contributed by atoms with Gasteiger partial charge in [0.2, 0.25) is 0 Å². The quantitative estimate of drug-likeness (QED) is 0.785. The second-order valence-corrected chi connectivity index (χ2v) is 6.21. The molecule has 1 unspecified atom stereocenters. The van der Waals surface area contributed by atoms with Crippen molar-refractivity contribution in [2.45, 2.75) is 23.3 Å². The average Bonchev–Trinajstić information content (AvgIpc) is 2.26. The predicted molar refractivity (Wildman–Crippen MR) is 60.7 cm³/mol. The summed E-state index contributed by atoms with van der Waals surface area (Å²) in [6.45, 7) is 0.338.